The highest BCUT2D eigenvalue weighted by Gasteiger charge is 2.29. The average molecular weight is 430 g/mol. The van der Waals surface area contributed by atoms with Crippen LogP contribution in [0.4, 0.5) is 5.69 Å². The zero-order valence-corrected chi connectivity index (χ0v) is 17.3. The monoisotopic (exact) mass is 429 g/mol. The molecule has 0 atom stereocenters. The lowest BCUT2D eigenvalue weighted by Crippen LogP contribution is -2.35. The third-order valence-electron chi connectivity index (χ3n) is 4.71. The van der Waals surface area contributed by atoms with E-state index in [2.05, 4.69) is 10.3 Å². The molecule has 29 heavy (non-hydrogen) atoms. The third kappa shape index (κ3) is 4.02. The number of amides is 1. The molecule has 1 amide bonds. The quantitative estimate of drug-likeness (QED) is 0.673. The lowest BCUT2D eigenvalue weighted by atomic mass is 10.1. The number of rotatable bonds is 5. The zero-order chi connectivity index (χ0) is 20.4. The first-order chi connectivity index (χ1) is 14.0. The standard InChI is InChI=1S/C20H19N3O4S2/c1-27-19-6-5-16(12-21-19)22-20(24)14-3-2-4-17(11-14)29(25,26)23-9-7-18-15(13-23)8-10-28-18/h2-6,8,10-12H,7,9,13H2,1H3,(H,22,24). The van der Waals surface area contributed by atoms with Crippen molar-refractivity contribution in [2.24, 2.45) is 0 Å². The summed E-state index contributed by atoms with van der Waals surface area (Å²) in [5.41, 5.74) is 1.80. The van der Waals surface area contributed by atoms with Gasteiger partial charge in [0.1, 0.15) is 0 Å². The summed E-state index contributed by atoms with van der Waals surface area (Å²) in [5.74, 6) is 0.0270. The summed E-state index contributed by atoms with van der Waals surface area (Å²) in [6, 6.07) is 11.3. The van der Waals surface area contributed by atoms with Crippen LogP contribution in [-0.4, -0.2) is 37.3 Å². The molecule has 7 nitrogen and oxygen atoms in total. The number of pyridine rings is 1. The Balaban J connectivity index is 1.53. The van der Waals surface area contributed by atoms with Gasteiger partial charge in [-0.05, 0) is 47.7 Å². The van der Waals surface area contributed by atoms with Crippen molar-refractivity contribution in [2.45, 2.75) is 17.9 Å². The van der Waals surface area contributed by atoms with E-state index in [1.807, 2.05) is 11.4 Å². The molecule has 0 fully saturated rings. The van der Waals surface area contributed by atoms with E-state index in [9.17, 15) is 13.2 Å². The van der Waals surface area contributed by atoms with Gasteiger partial charge in [-0.15, -0.1) is 11.3 Å². The van der Waals surface area contributed by atoms with Crippen molar-refractivity contribution in [1.82, 2.24) is 9.29 Å². The Bertz CT molecular complexity index is 1140. The normalized spacial score (nSPS) is 14.2. The van der Waals surface area contributed by atoms with Crippen molar-refractivity contribution in [3.8, 4) is 5.88 Å². The largest absolute Gasteiger partial charge is 0.481 e. The van der Waals surface area contributed by atoms with E-state index in [0.29, 0.717) is 31.1 Å². The number of hydrogen-bond acceptors (Lipinski definition) is 6. The van der Waals surface area contributed by atoms with Gasteiger partial charge in [0.15, 0.2) is 0 Å². The first kappa shape index (κ1) is 19.6. The topological polar surface area (TPSA) is 88.6 Å². The Morgan fingerprint density at radius 3 is 2.86 bits per heavy atom. The highest BCUT2D eigenvalue weighted by Crippen LogP contribution is 2.28. The fourth-order valence-electron chi connectivity index (χ4n) is 3.15. The van der Waals surface area contributed by atoms with Gasteiger partial charge in [0.2, 0.25) is 15.9 Å². The van der Waals surface area contributed by atoms with Crippen LogP contribution >= 0.6 is 11.3 Å². The molecule has 4 rings (SSSR count). The molecule has 3 heterocycles. The minimum absolute atomic E-state index is 0.108. The van der Waals surface area contributed by atoms with Crippen LogP contribution in [0.15, 0.2) is 58.9 Å². The number of sulfonamides is 1. The molecular weight excluding hydrogens is 410 g/mol. The Labute approximate surface area is 173 Å². The lowest BCUT2D eigenvalue weighted by molar-refractivity contribution is 0.102. The number of carbonyl (C=O) groups is 1. The molecule has 3 aromatic rings. The fraction of sp³-hybridized carbons (Fsp3) is 0.200. The number of hydrogen-bond donors (Lipinski definition) is 1. The van der Waals surface area contributed by atoms with Gasteiger partial charge in [-0.25, -0.2) is 13.4 Å². The molecule has 1 aliphatic heterocycles. The van der Waals surface area contributed by atoms with Crippen LogP contribution in [0.25, 0.3) is 0 Å². The first-order valence-corrected chi connectivity index (χ1v) is 11.3. The predicted octanol–water partition coefficient (Wildman–Crippen LogP) is 3.15. The van der Waals surface area contributed by atoms with E-state index in [1.54, 1.807) is 35.6 Å². The van der Waals surface area contributed by atoms with E-state index in [1.165, 1.54) is 34.6 Å². The van der Waals surface area contributed by atoms with Gasteiger partial charge < -0.3 is 10.1 Å². The summed E-state index contributed by atoms with van der Waals surface area (Å²) in [5, 5.41) is 4.70. The molecule has 0 bridgehead atoms. The second kappa shape index (κ2) is 7.94. The number of thiophene rings is 1. The van der Waals surface area contributed by atoms with Gasteiger partial charge in [0.05, 0.1) is 23.9 Å². The third-order valence-corrected chi connectivity index (χ3v) is 7.57. The summed E-state index contributed by atoms with van der Waals surface area (Å²) >= 11 is 1.66. The highest BCUT2D eigenvalue weighted by molar-refractivity contribution is 7.89. The van der Waals surface area contributed by atoms with Crippen LogP contribution in [0.3, 0.4) is 0 Å². The van der Waals surface area contributed by atoms with Crippen molar-refractivity contribution in [3.63, 3.8) is 0 Å². The summed E-state index contributed by atoms with van der Waals surface area (Å²) in [6.45, 7) is 0.791. The van der Waals surface area contributed by atoms with Gasteiger partial charge >= 0.3 is 0 Å². The molecule has 0 aliphatic carbocycles. The van der Waals surface area contributed by atoms with Crippen LogP contribution < -0.4 is 10.1 Å². The molecule has 1 aromatic carbocycles. The summed E-state index contributed by atoms with van der Waals surface area (Å²) < 4.78 is 32.6. The molecular formula is C20H19N3O4S2. The first-order valence-electron chi connectivity index (χ1n) is 8.94. The van der Waals surface area contributed by atoms with Gasteiger partial charge in [-0.3, -0.25) is 4.79 Å². The Morgan fingerprint density at radius 1 is 1.24 bits per heavy atom. The fourth-order valence-corrected chi connectivity index (χ4v) is 5.51. The van der Waals surface area contributed by atoms with E-state index in [0.717, 1.165) is 5.56 Å². The number of ether oxygens (including phenoxy) is 1. The van der Waals surface area contributed by atoms with Crippen molar-refractivity contribution >= 4 is 33.0 Å². The minimum atomic E-state index is -3.69. The molecule has 0 spiro atoms. The molecule has 9 heteroatoms. The van der Waals surface area contributed by atoms with Crippen molar-refractivity contribution in [2.75, 3.05) is 19.0 Å². The van der Waals surface area contributed by atoms with Crippen LogP contribution in [0.1, 0.15) is 20.8 Å². The molecule has 0 saturated heterocycles. The maximum absolute atomic E-state index is 13.1. The van der Waals surface area contributed by atoms with Gasteiger partial charge in [0.25, 0.3) is 5.91 Å². The maximum atomic E-state index is 13.1. The zero-order valence-electron chi connectivity index (χ0n) is 15.7. The predicted molar refractivity (Wildman–Crippen MR) is 111 cm³/mol. The number of aromatic nitrogens is 1. The summed E-state index contributed by atoms with van der Waals surface area (Å²) in [7, 11) is -2.18. The smallest absolute Gasteiger partial charge is 0.255 e. The number of benzene rings is 1. The van der Waals surface area contributed by atoms with E-state index >= 15 is 0 Å². The van der Waals surface area contributed by atoms with Gasteiger partial charge in [-0.2, -0.15) is 4.31 Å². The second-order valence-electron chi connectivity index (χ2n) is 6.53. The van der Waals surface area contributed by atoms with Crippen LogP contribution in [-0.2, 0) is 23.0 Å². The second-order valence-corrected chi connectivity index (χ2v) is 9.47. The van der Waals surface area contributed by atoms with Crippen LogP contribution in [0.2, 0.25) is 0 Å². The molecule has 1 aliphatic rings. The van der Waals surface area contributed by atoms with Gasteiger partial charge in [0, 0.05) is 29.6 Å². The molecule has 2 aromatic heterocycles. The Hall–Kier alpha value is -2.75. The molecule has 1 N–H and O–H groups in total. The summed E-state index contributed by atoms with van der Waals surface area (Å²) in [6.07, 6.45) is 2.18. The number of fused-ring (bicyclic) bond motifs is 1. The van der Waals surface area contributed by atoms with E-state index < -0.39 is 15.9 Å². The van der Waals surface area contributed by atoms with Crippen LogP contribution in [0.5, 0.6) is 5.88 Å². The van der Waals surface area contributed by atoms with Crippen LogP contribution in [0, 0.1) is 0 Å². The summed E-state index contributed by atoms with van der Waals surface area (Å²) in [4.78, 5) is 18.0. The number of carbonyl (C=O) groups excluding carboxylic acids is 1. The Morgan fingerprint density at radius 2 is 2.10 bits per heavy atom. The number of nitrogens with zero attached hydrogens (tertiary/aromatic N) is 2. The number of anilines is 1. The number of nitrogens with one attached hydrogen (secondary N) is 1. The Kier molecular flexibility index (Phi) is 5.35. The van der Waals surface area contributed by atoms with Crippen molar-refractivity contribution in [1.29, 1.82) is 0 Å². The molecule has 0 saturated carbocycles. The van der Waals surface area contributed by atoms with E-state index in [4.69, 9.17) is 4.74 Å². The minimum Gasteiger partial charge on any atom is -0.481 e. The number of methoxy groups -OCH3 is 1. The molecule has 0 unspecified atom stereocenters. The van der Waals surface area contributed by atoms with Crippen molar-refractivity contribution in [3.05, 3.63) is 70.0 Å². The highest BCUT2D eigenvalue weighted by atomic mass is 32.2. The van der Waals surface area contributed by atoms with Gasteiger partial charge in [-0.1, -0.05) is 6.07 Å². The van der Waals surface area contributed by atoms with E-state index in [-0.39, 0.29) is 10.5 Å². The SMILES string of the molecule is COc1ccc(NC(=O)c2cccc(S(=O)(=O)N3CCc4sccc4C3)c2)cn1. The van der Waals surface area contributed by atoms with Crippen molar-refractivity contribution < 1.29 is 17.9 Å². The average Bonchev–Trinajstić information content (AvgIpc) is 3.22. The lowest BCUT2D eigenvalue weighted by Gasteiger charge is -2.26. The molecule has 0 radical (unpaired) electrons. The molecule has 150 valence electrons. The maximum Gasteiger partial charge on any atom is 0.255 e.